The quantitative estimate of drug-likeness (QED) is 0.630. The zero-order valence-electron chi connectivity index (χ0n) is 11.7. The van der Waals surface area contributed by atoms with Crippen molar-refractivity contribution in [2.75, 3.05) is 45.9 Å². The molecule has 2 heterocycles. The number of ether oxygens (including phenoxy) is 2. The molecule has 0 aromatic rings. The van der Waals surface area contributed by atoms with Gasteiger partial charge in [-0.1, -0.05) is 0 Å². The van der Waals surface area contributed by atoms with Crippen LogP contribution in [-0.2, 0) is 9.47 Å². The van der Waals surface area contributed by atoms with Crippen LogP contribution >= 0.6 is 0 Å². The van der Waals surface area contributed by atoms with Crippen LogP contribution < -0.4 is 5.32 Å². The van der Waals surface area contributed by atoms with Gasteiger partial charge in [-0.05, 0) is 39.2 Å². The first kappa shape index (κ1) is 14.3. The fraction of sp³-hybridized carbons (Fsp3) is 1.00. The first-order valence-electron chi connectivity index (χ1n) is 7.54. The van der Waals surface area contributed by atoms with Crippen LogP contribution in [0.25, 0.3) is 0 Å². The van der Waals surface area contributed by atoms with E-state index >= 15 is 0 Å². The third-order valence-corrected chi connectivity index (χ3v) is 3.82. The molecule has 0 radical (unpaired) electrons. The molecule has 2 rings (SSSR count). The van der Waals surface area contributed by atoms with Gasteiger partial charge in [-0.25, -0.2) is 0 Å². The molecule has 2 saturated heterocycles. The van der Waals surface area contributed by atoms with E-state index in [0.29, 0.717) is 12.2 Å². The highest BCUT2D eigenvalue weighted by molar-refractivity contribution is 4.84. The molecule has 4 heteroatoms. The highest BCUT2D eigenvalue weighted by Gasteiger charge is 2.33. The van der Waals surface area contributed by atoms with E-state index in [1.807, 2.05) is 6.92 Å². The third kappa shape index (κ3) is 4.84. The van der Waals surface area contributed by atoms with Gasteiger partial charge in [0.15, 0.2) is 0 Å². The van der Waals surface area contributed by atoms with Crippen molar-refractivity contribution >= 4 is 0 Å². The molecule has 0 aromatic carbocycles. The summed E-state index contributed by atoms with van der Waals surface area (Å²) in [5, 5.41) is 3.52. The van der Waals surface area contributed by atoms with Gasteiger partial charge >= 0.3 is 0 Å². The number of unbranched alkanes of at least 4 members (excludes halogenated alkanes) is 1. The number of hydrogen-bond donors (Lipinski definition) is 1. The summed E-state index contributed by atoms with van der Waals surface area (Å²) in [5.74, 6) is 0. The number of nitrogens with zero attached hydrogens (tertiary/aromatic N) is 1. The minimum Gasteiger partial charge on any atom is -0.382 e. The summed E-state index contributed by atoms with van der Waals surface area (Å²) < 4.78 is 11.1. The lowest BCUT2D eigenvalue weighted by atomic mass is 10.2. The number of morpholine rings is 1. The standard InChI is InChI=1S/C14H28N2O2/c1-2-17-10-4-3-7-15-8-9-16-11-13-5-6-14(12-16)18-13/h13-15H,2-12H2,1H3. The van der Waals surface area contributed by atoms with Crippen LogP contribution in [0.15, 0.2) is 0 Å². The number of fused-ring (bicyclic) bond motifs is 2. The summed E-state index contributed by atoms with van der Waals surface area (Å²) in [4.78, 5) is 2.55. The van der Waals surface area contributed by atoms with Crippen LogP contribution in [0.2, 0.25) is 0 Å². The first-order chi connectivity index (χ1) is 8.88. The largest absolute Gasteiger partial charge is 0.382 e. The number of hydrogen-bond acceptors (Lipinski definition) is 4. The highest BCUT2D eigenvalue weighted by atomic mass is 16.5. The van der Waals surface area contributed by atoms with E-state index in [0.717, 1.165) is 39.4 Å². The van der Waals surface area contributed by atoms with Crippen molar-refractivity contribution < 1.29 is 9.47 Å². The van der Waals surface area contributed by atoms with E-state index in [-0.39, 0.29) is 0 Å². The van der Waals surface area contributed by atoms with Gasteiger partial charge in [-0.15, -0.1) is 0 Å². The Balaban J connectivity index is 1.41. The summed E-state index contributed by atoms with van der Waals surface area (Å²) in [6.45, 7) is 9.47. The van der Waals surface area contributed by atoms with Gasteiger partial charge in [0, 0.05) is 39.4 Å². The summed E-state index contributed by atoms with van der Waals surface area (Å²) in [6.07, 6.45) is 5.97. The zero-order chi connectivity index (χ0) is 12.6. The van der Waals surface area contributed by atoms with E-state index < -0.39 is 0 Å². The van der Waals surface area contributed by atoms with Crippen LogP contribution in [0.3, 0.4) is 0 Å². The minimum atomic E-state index is 0.523. The molecule has 106 valence electrons. The Kier molecular flexibility index (Phi) is 6.41. The fourth-order valence-electron chi connectivity index (χ4n) is 2.84. The maximum Gasteiger partial charge on any atom is 0.0707 e. The van der Waals surface area contributed by atoms with Crippen molar-refractivity contribution in [1.29, 1.82) is 0 Å². The smallest absolute Gasteiger partial charge is 0.0707 e. The van der Waals surface area contributed by atoms with Gasteiger partial charge in [0.05, 0.1) is 12.2 Å². The van der Waals surface area contributed by atoms with Crippen molar-refractivity contribution in [2.45, 2.75) is 44.8 Å². The Bertz CT molecular complexity index is 214. The lowest BCUT2D eigenvalue weighted by molar-refractivity contribution is -0.0376. The van der Waals surface area contributed by atoms with Crippen molar-refractivity contribution in [3.63, 3.8) is 0 Å². The van der Waals surface area contributed by atoms with E-state index in [2.05, 4.69) is 10.2 Å². The highest BCUT2D eigenvalue weighted by Crippen LogP contribution is 2.25. The van der Waals surface area contributed by atoms with Crippen LogP contribution in [0, 0.1) is 0 Å². The van der Waals surface area contributed by atoms with Crippen LogP contribution in [0.1, 0.15) is 32.6 Å². The lowest BCUT2D eigenvalue weighted by Crippen LogP contribution is -2.45. The van der Waals surface area contributed by atoms with Gasteiger partial charge in [0.1, 0.15) is 0 Å². The predicted octanol–water partition coefficient (Wildman–Crippen LogP) is 1.26. The van der Waals surface area contributed by atoms with Crippen LogP contribution in [0.5, 0.6) is 0 Å². The van der Waals surface area contributed by atoms with Gasteiger partial charge in [0.2, 0.25) is 0 Å². The van der Waals surface area contributed by atoms with E-state index in [4.69, 9.17) is 9.47 Å². The molecule has 0 aliphatic carbocycles. The Morgan fingerprint density at radius 1 is 1.17 bits per heavy atom. The maximum absolute atomic E-state index is 5.83. The van der Waals surface area contributed by atoms with Gasteiger partial charge < -0.3 is 14.8 Å². The number of nitrogens with one attached hydrogen (secondary N) is 1. The molecule has 18 heavy (non-hydrogen) atoms. The molecule has 2 aliphatic heterocycles. The number of likely N-dealkylation sites (tertiary alicyclic amines) is 1. The summed E-state index contributed by atoms with van der Waals surface area (Å²) in [7, 11) is 0. The van der Waals surface area contributed by atoms with Gasteiger partial charge in [-0.3, -0.25) is 4.90 Å². The van der Waals surface area contributed by atoms with Crippen LogP contribution in [-0.4, -0.2) is 63.0 Å². The molecule has 2 atom stereocenters. The second kappa shape index (κ2) is 8.10. The molecule has 2 fully saturated rings. The molecular weight excluding hydrogens is 228 g/mol. The molecule has 1 N–H and O–H groups in total. The third-order valence-electron chi connectivity index (χ3n) is 3.82. The van der Waals surface area contributed by atoms with Gasteiger partial charge in [0.25, 0.3) is 0 Å². The molecule has 2 aliphatic rings. The lowest BCUT2D eigenvalue weighted by Gasteiger charge is -2.32. The van der Waals surface area contributed by atoms with Crippen molar-refractivity contribution in [2.24, 2.45) is 0 Å². The first-order valence-corrected chi connectivity index (χ1v) is 7.54. The Morgan fingerprint density at radius 3 is 2.67 bits per heavy atom. The topological polar surface area (TPSA) is 33.7 Å². The van der Waals surface area contributed by atoms with Crippen LogP contribution in [0.4, 0.5) is 0 Å². The SMILES string of the molecule is CCOCCCCNCCN1CC2CCC(C1)O2. The van der Waals surface area contributed by atoms with E-state index in [1.54, 1.807) is 0 Å². The fourth-order valence-corrected chi connectivity index (χ4v) is 2.84. The average molecular weight is 256 g/mol. The molecule has 2 bridgehead atoms. The van der Waals surface area contributed by atoms with Crippen molar-refractivity contribution in [3.8, 4) is 0 Å². The van der Waals surface area contributed by atoms with Gasteiger partial charge in [-0.2, -0.15) is 0 Å². The Morgan fingerprint density at radius 2 is 1.94 bits per heavy atom. The summed E-state index contributed by atoms with van der Waals surface area (Å²) in [5.41, 5.74) is 0. The van der Waals surface area contributed by atoms with E-state index in [9.17, 15) is 0 Å². The molecule has 0 saturated carbocycles. The summed E-state index contributed by atoms with van der Waals surface area (Å²) >= 11 is 0. The Labute approximate surface area is 111 Å². The van der Waals surface area contributed by atoms with Crippen molar-refractivity contribution in [3.05, 3.63) is 0 Å². The summed E-state index contributed by atoms with van der Waals surface area (Å²) in [6, 6.07) is 0. The minimum absolute atomic E-state index is 0.523. The molecule has 0 spiro atoms. The second-order valence-corrected chi connectivity index (χ2v) is 5.37. The molecule has 2 unspecified atom stereocenters. The normalized spacial score (nSPS) is 27.8. The Hall–Kier alpha value is -0.160. The number of rotatable bonds is 9. The molecule has 0 amide bonds. The average Bonchev–Trinajstić information content (AvgIpc) is 2.72. The molecule has 0 aromatic heterocycles. The monoisotopic (exact) mass is 256 g/mol. The maximum atomic E-state index is 5.83. The zero-order valence-corrected chi connectivity index (χ0v) is 11.7. The second-order valence-electron chi connectivity index (χ2n) is 5.37. The van der Waals surface area contributed by atoms with E-state index in [1.165, 1.54) is 32.2 Å². The predicted molar refractivity (Wildman–Crippen MR) is 72.9 cm³/mol. The molecular formula is C14H28N2O2. The van der Waals surface area contributed by atoms with Crippen molar-refractivity contribution in [1.82, 2.24) is 10.2 Å². The molecule has 4 nitrogen and oxygen atoms in total.